The summed E-state index contributed by atoms with van der Waals surface area (Å²) >= 11 is 0. The summed E-state index contributed by atoms with van der Waals surface area (Å²) in [5.74, 6) is 0.958. The van der Waals surface area contributed by atoms with E-state index in [0.717, 1.165) is 35.4 Å². The van der Waals surface area contributed by atoms with Gasteiger partial charge in [0, 0.05) is 23.7 Å². The van der Waals surface area contributed by atoms with Crippen molar-refractivity contribution >= 4 is 5.71 Å². The van der Waals surface area contributed by atoms with Crippen LogP contribution in [0.5, 0.6) is 5.75 Å². The van der Waals surface area contributed by atoms with E-state index in [0.29, 0.717) is 6.61 Å². The molecule has 2 N–H and O–H groups in total. The first kappa shape index (κ1) is 11.9. The van der Waals surface area contributed by atoms with Crippen LogP contribution >= 0.6 is 0 Å². The maximum atomic E-state index is 8.95. The molecule has 17 heavy (non-hydrogen) atoms. The molecular weight excluding hydrogens is 218 g/mol. The van der Waals surface area contributed by atoms with Crippen LogP contribution in [0.2, 0.25) is 0 Å². The normalized spacial score (nSPS) is 18.1. The van der Waals surface area contributed by atoms with Gasteiger partial charge in [-0.1, -0.05) is 24.2 Å². The second-order valence-electron chi connectivity index (χ2n) is 4.43. The molecule has 0 radical (unpaired) electrons. The van der Waals surface area contributed by atoms with Crippen LogP contribution in [-0.4, -0.2) is 29.2 Å². The molecule has 1 aliphatic rings. The fourth-order valence-corrected chi connectivity index (χ4v) is 2.00. The van der Waals surface area contributed by atoms with Crippen LogP contribution in [0, 0.1) is 5.92 Å². The van der Waals surface area contributed by atoms with Gasteiger partial charge in [0.2, 0.25) is 0 Å². The quantitative estimate of drug-likeness (QED) is 0.618. The van der Waals surface area contributed by atoms with Crippen molar-refractivity contribution in [2.45, 2.75) is 19.8 Å². The number of nitrogens with zero attached hydrogens (tertiary/aromatic N) is 1. The van der Waals surface area contributed by atoms with E-state index in [4.69, 9.17) is 15.1 Å². The van der Waals surface area contributed by atoms with E-state index in [1.807, 2.05) is 25.1 Å². The van der Waals surface area contributed by atoms with Crippen LogP contribution in [0.15, 0.2) is 23.4 Å². The zero-order valence-electron chi connectivity index (χ0n) is 9.89. The lowest BCUT2D eigenvalue weighted by molar-refractivity contribution is 0.173. The van der Waals surface area contributed by atoms with Crippen molar-refractivity contribution in [2.24, 2.45) is 11.1 Å². The molecule has 4 heteroatoms. The molecule has 0 fully saturated rings. The third-order valence-electron chi connectivity index (χ3n) is 3.01. The predicted octanol–water partition coefficient (Wildman–Crippen LogP) is 1.82. The molecule has 0 aromatic heterocycles. The predicted molar refractivity (Wildman–Crippen MR) is 64.8 cm³/mol. The molecule has 2 rings (SSSR count). The van der Waals surface area contributed by atoms with Crippen LogP contribution in [0.1, 0.15) is 24.5 Å². The highest BCUT2D eigenvalue weighted by atomic mass is 16.5. The van der Waals surface area contributed by atoms with Gasteiger partial charge < -0.3 is 15.1 Å². The molecule has 0 saturated carbocycles. The van der Waals surface area contributed by atoms with E-state index in [2.05, 4.69) is 5.16 Å². The highest BCUT2D eigenvalue weighted by molar-refractivity contribution is 6.04. The Hall–Kier alpha value is -1.55. The molecule has 1 unspecified atom stereocenters. The highest BCUT2D eigenvalue weighted by Crippen LogP contribution is 2.31. The number of fused-ring (bicyclic) bond motifs is 1. The standard InChI is InChI=1S/C13H17NO3/c1-9(7-15)8-17-13-4-2-3-10-11(13)5-6-12(10)14-16/h2-4,9,15-16H,5-8H2,1H3/b14-12+. The molecule has 4 nitrogen and oxygen atoms in total. The summed E-state index contributed by atoms with van der Waals surface area (Å²) in [6.07, 6.45) is 1.60. The molecule has 0 heterocycles. The van der Waals surface area contributed by atoms with Crippen LogP contribution in [0.4, 0.5) is 0 Å². The summed E-state index contributed by atoms with van der Waals surface area (Å²) in [5.41, 5.74) is 2.80. The summed E-state index contributed by atoms with van der Waals surface area (Å²) in [4.78, 5) is 0. The van der Waals surface area contributed by atoms with Gasteiger partial charge in [-0.2, -0.15) is 0 Å². The average Bonchev–Trinajstić information content (AvgIpc) is 2.79. The summed E-state index contributed by atoms with van der Waals surface area (Å²) in [7, 11) is 0. The Kier molecular flexibility index (Phi) is 3.64. The molecule has 0 spiro atoms. The molecule has 1 atom stereocenters. The Morgan fingerprint density at radius 1 is 1.41 bits per heavy atom. The number of benzene rings is 1. The maximum Gasteiger partial charge on any atom is 0.123 e. The van der Waals surface area contributed by atoms with E-state index < -0.39 is 0 Å². The Morgan fingerprint density at radius 2 is 2.24 bits per heavy atom. The molecule has 0 aliphatic heterocycles. The van der Waals surface area contributed by atoms with Crippen molar-refractivity contribution in [2.75, 3.05) is 13.2 Å². The Balaban J connectivity index is 2.17. The van der Waals surface area contributed by atoms with Gasteiger partial charge in [-0.25, -0.2) is 0 Å². The molecule has 0 amide bonds. The third-order valence-corrected chi connectivity index (χ3v) is 3.01. The monoisotopic (exact) mass is 235 g/mol. The number of oxime groups is 1. The van der Waals surface area contributed by atoms with E-state index in [-0.39, 0.29) is 12.5 Å². The molecular formula is C13H17NO3. The first-order valence-corrected chi connectivity index (χ1v) is 5.83. The lowest BCUT2D eigenvalue weighted by Gasteiger charge is -2.13. The van der Waals surface area contributed by atoms with Gasteiger partial charge in [0.1, 0.15) is 5.75 Å². The molecule has 0 saturated heterocycles. The zero-order chi connectivity index (χ0) is 12.3. The Labute approximate surface area is 101 Å². The minimum atomic E-state index is 0.123. The number of aliphatic hydroxyl groups excluding tert-OH is 1. The third kappa shape index (κ3) is 2.42. The van der Waals surface area contributed by atoms with Gasteiger partial charge >= 0.3 is 0 Å². The van der Waals surface area contributed by atoms with E-state index in [1.54, 1.807) is 0 Å². The van der Waals surface area contributed by atoms with E-state index in [1.165, 1.54) is 0 Å². The van der Waals surface area contributed by atoms with E-state index >= 15 is 0 Å². The molecule has 92 valence electrons. The van der Waals surface area contributed by atoms with Gasteiger partial charge in [0.05, 0.1) is 12.3 Å². The van der Waals surface area contributed by atoms with Crippen LogP contribution in [-0.2, 0) is 6.42 Å². The fraction of sp³-hybridized carbons (Fsp3) is 0.462. The first-order valence-electron chi connectivity index (χ1n) is 5.83. The number of hydrogen-bond donors (Lipinski definition) is 2. The van der Waals surface area contributed by atoms with Gasteiger partial charge in [0.15, 0.2) is 0 Å². The number of ether oxygens (including phenoxy) is 1. The highest BCUT2D eigenvalue weighted by Gasteiger charge is 2.21. The second kappa shape index (κ2) is 5.19. The van der Waals surface area contributed by atoms with Crippen LogP contribution < -0.4 is 4.74 Å². The smallest absolute Gasteiger partial charge is 0.123 e. The van der Waals surface area contributed by atoms with Crippen molar-refractivity contribution < 1.29 is 15.1 Å². The first-order chi connectivity index (χ1) is 8.26. The van der Waals surface area contributed by atoms with Gasteiger partial charge in [-0.05, 0) is 18.9 Å². The van der Waals surface area contributed by atoms with Crippen molar-refractivity contribution in [3.8, 4) is 5.75 Å². The molecule has 1 aromatic carbocycles. The Bertz CT molecular complexity index is 429. The summed E-state index contributed by atoms with van der Waals surface area (Å²) in [6, 6.07) is 5.76. The minimum Gasteiger partial charge on any atom is -0.493 e. The van der Waals surface area contributed by atoms with Crippen molar-refractivity contribution in [1.29, 1.82) is 0 Å². The van der Waals surface area contributed by atoms with Crippen LogP contribution in [0.25, 0.3) is 0 Å². The SMILES string of the molecule is CC(CO)COc1cccc2c1CC/C2=N\O. The topological polar surface area (TPSA) is 62.0 Å². The lowest BCUT2D eigenvalue weighted by Crippen LogP contribution is -2.12. The van der Waals surface area contributed by atoms with E-state index in [9.17, 15) is 0 Å². The van der Waals surface area contributed by atoms with Crippen molar-refractivity contribution in [3.63, 3.8) is 0 Å². The van der Waals surface area contributed by atoms with Crippen LogP contribution in [0.3, 0.4) is 0 Å². The fourth-order valence-electron chi connectivity index (χ4n) is 2.00. The summed E-state index contributed by atoms with van der Waals surface area (Å²) < 4.78 is 5.70. The van der Waals surface area contributed by atoms with Gasteiger partial charge in [-0.3, -0.25) is 0 Å². The van der Waals surface area contributed by atoms with Crippen molar-refractivity contribution in [3.05, 3.63) is 29.3 Å². The summed E-state index contributed by atoms with van der Waals surface area (Å²) in [6.45, 7) is 2.56. The zero-order valence-corrected chi connectivity index (χ0v) is 9.89. The lowest BCUT2D eigenvalue weighted by atomic mass is 10.1. The number of aliphatic hydroxyl groups is 1. The maximum absolute atomic E-state index is 8.95. The second-order valence-corrected chi connectivity index (χ2v) is 4.43. The summed E-state index contributed by atoms with van der Waals surface area (Å²) in [5, 5.41) is 21.1. The minimum absolute atomic E-state index is 0.123. The largest absolute Gasteiger partial charge is 0.493 e. The Morgan fingerprint density at radius 3 is 2.94 bits per heavy atom. The van der Waals surface area contributed by atoms with Gasteiger partial charge in [0.25, 0.3) is 0 Å². The van der Waals surface area contributed by atoms with Gasteiger partial charge in [-0.15, -0.1) is 0 Å². The molecule has 1 aliphatic carbocycles. The molecule has 0 bridgehead atoms. The average molecular weight is 235 g/mol. The number of rotatable bonds is 4. The number of hydrogen-bond acceptors (Lipinski definition) is 4. The van der Waals surface area contributed by atoms with Crippen molar-refractivity contribution in [1.82, 2.24) is 0 Å². The molecule has 1 aromatic rings.